The second-order valence-corrected chi connectivity index (χ2v) is 5.89. The molecular formula is C19H46N2O. The van der Waals surface area contributed by atoms with Crippen molar-refractivity contribution in [2.24, 2.45) is 5.73 Å². The first kappa shape index (κ1) is 26.5. The van der Waals surface area contributed by atoms with Crippen molar-refractivity contribution >= 4 is 0 Å². The van der Waals surface area contributed by atoms with Crippen molar-refractivity contribution in [1.29, 1.82) is 0 Å². The van der Waals surface area contributed by atoms with Crippen molar-refractivity contribution in [3.05, 3.63) is 12.7 Å². The van der Waals surface area contributed by atoms with Crippen LogP contribution in [-0.4, -0.2) is 36.6 Å². The first-order valence-corrected chi connectivity index (χ1v) is 8.88. The molecule has 0 saturated heterocycles. The molecule has 0 aromatic carbocycles. The van der Waals surface area contributed by atoms with Crippen LogP contribution in [0.2, 0.25) is 0 Å². The van der Waals surface area contributed by atoms with Gasteiger partial charge in [-0.2, -0.15) is 0 Å². The highest BCUT2D eigenvalue weighted by atomic mass is 16.0. The second-order valence-electron chi connectivity index (χ2n) is 5.89. The largest absolute Gasteiger partial charge is 0.412 e. The van der Waals surface area contributed by atoms with Crippen LogP contribution in [0.5, 0.6) is 0 Å². The summed E-state index contributed by atoms with van der Waals surface area (Å²) in [5, 5.41) is 0. The third-order valence-corrected chi connectivity index (χ3v) is 3.89. The topological polar surface area (TPSA) is 60.8 Å². The number of nitrogens with zero attached hydrogens (tertiary/aromatic N) is 1. The standard InChI is InChI=1S/C18H38N2.CH4.H2O.H2/c1-3-5-7-9-11-13-17-20(18-14-15-19)16-12-10-8-6-4-2;;;/h3H,1,4-19H2,2H3;1H4;1H2;1H. The Balaban J connectivity index is -0.000000602. The van der Waals surface area contributed by atoms with Gasteiger partial charge in [0.1, 0.15) is 0 Å². The summed E-state index contributed by atoms with van der Waals surface area (Å²) >= 11 is 0. The second kappa shape index (κ2) is 22.9. The van der Waals surface area contributed by atoms with Crippen molar-refractivity contribution in [3.63, 3.8) is 0 Å². The van der Waals surface area contributed by atoms with Gasteiger partial charge in [0, 0.05) is 1.43 Å². The Labute approximate surface area is 142 Å². The highest BCUT2D eigenvalue weighted by molar-refractivity contribution is 4.66. The van der Waals surface area contributed by atoms with Gasteiger partial charge in [-0.1, -0.05) is 59.0 Å². The van der Waals surface area contributed by atoms with E-state index in [4.69, 9.17) is 5.73 Å². The van der Waals surface area contributed by atoms with E-state index in [1.54, 1.807) is 0 Å². The predicted octanol–water partition coefficient (Wildman–Crippen LogP) is 4.80. The molecule has 0 saturated carbocycles. The number of nitrogens with two attached hydrogens (primary N) is 1. The SMILES string of the molecule is C.C=CCCCCCCN(CCCN)CCCCCCC.O.[HH]. The Bertz CT molecular complexity index is 204. The Kier molecular flexibility index (Phi) is 27.6. The van der Waals surface area contributed by atoms with E-state index < -0.39 is 0 Å². The third-order valence-electron chi connectivity index (χ3n) is 3.89. The van der Waals surface area contributed by atoms with Gasteiger partial charge in [-0.25, -0.2) is 0 Å². The summed E-state index contributed by atoms with van der Waals surface area (Å²) in [6.07, 6.45) is 16.6. The van der Waals surface area contributed by atoms with Crippen molar-refractivity contribution < 1.29 is 6.90 Å². The molecule has 0 amide bonds. The molecule has 0 unspecified atom stereocenters. The smallest absolute Gasteiger partial charge is 0 e. The van der Waals surface area contributed by atoms with Crippen molar-refractivity contribution in [2.75, 3.05) is 26.2 Å². The number of allylic oxidation sites excluding steroid dienone is 1. The summed E-state index contributed by atoms with van der Waals surface area (Å²) in [5.74, 6) is 0. The van der Waals surface area contributed by atoms with Gasteiger partial charge in [0.25, 0.3) is 0 Å². The zero-order valence-electron chi connectivity index (χ0n) is 14.4. The number of hydrogen-bond donors (Lipinski definition) is 1. The Morgan fingerprint density at radius 2 is 1.36 bits per heavy atom. The average Bonchev–Trinajstić information content (AvgIpc) is 2.47. The van der Waals surface area contributed by atoms with Crippen LogP contribution in [0.15, 0.2) is 12.7 Å². The zero-order chi connectivity index (χ0) is 14.9. The molecule has 4 N–H and O–H groups in total. The van der Waals surface area contributed by atoms with Gasteiger partial charge in [0.15, 0.2) is 0 Å². The van der Waals surface area contributed by atoms with E-state index in [-0.39, 0.29) is 14.3 Å². The van der Waals surface area contributed by atoms with Gasteiger partial charge < -0.3 is 16.1 Å². The highest BCUT2D eigenvalue weighted by Crippen LogP contribution is 2.08. The monoisotopic (exact) mass is 318 g/mol. The molecule has 0 heterocycles. The van der Waals surface area contributed by atoms with Crippen LogP contribution in [0.25, 0.3) is 0 Å². The lowest BCUT2D eigenvalue weighted by molar-refractivity contribution is 0.259. The summed E-state index contributed by atoms with van der Waals surface area (Å²) in [4.78, 5) is 2.63. The van der Waals surface area contributed by atoms with Gasteiger partial charge in [0.2, 0.25) is 0 Å². The molecule has 0 bridgehead atoms. The molecule has 138 valence electrons. The molecule has 0 atom stereocenters. The quantitative estimate of drug-likeness (QED) is 0.328. The minimum absolute atomic E-state index is 0. The summed E-state index contributed by atoms with van der Waals surface area (Å²) in [5.41, 5.74) is 5.64. The minimum Gasteiger partial charge on any atom is -0.412 e. The van der Waals surface area contributed by atoms with Gasteiger partial charge >= 0.3 is 0 Å². The molecule has 0 radical (unpaired) electrons. The molecule has 0 fully saturated rings. The highest BCUT2D eigenvalue weighted by Gasteiger charge is 2.03. The predicted molar refractivity (Wildman–Crippen MR) is 105 cm³/mol. The van der Waals surface area contributed by atoms with Crippen LogP contribution in [-0.2, 0) is 0 Å². The molecule has 0 aromatic rings. The van der Waals surface area contributed by atoms with Crippen LogP contribution in [0.1, 0.15) is 86.4 Å². The Morgan fingerprint density at radius 3 is 1.86 bits per heavy atom. The molecule has 0 aromatic heterocycles. The molecule has 3 nitrogen and oxygen atoms in total. The van der Waals surface area contributed by atoms with Crippen LogP contribution in [0, 0.1) is 0 Å². The Hall–Kier alpha value is -0.380. The van der Waals surface area contributed by atoms with Gasteiger partial charge in [-0.3, -0.25) is 0 Å². The van der Waals surface area contributed by atoms with E-state index in [9.17, 15) is 0 Å². The summed E-state index contributed by atoms with van der Waals surface area (Å²) in [7, 11) is 0. The van der Waals surface area contributed by atoms with E-state index in [1.807, 2.05) is 6.08 Å². The molecule has 0 aliphatic heterocycles. The lowest BCUT2D eigenvalue weighted by Gasteiger charge is -2.22. The fraction of sp³-hybridized carbons (Fsp3) is 0.895. The fourth-order valence-corrected chi connectivity index (χ4v) is 2.57. The molecule has 0 spiro atoms. The van der Waals surface area contributed by atoms with E-state index in [2.05, 4.69) is 18.4 Å². The number of unbranched alkanes of at least 4 members (excludes halogenated alkanes) is 8. The molecule has 3 heteroatoms. The van der Waals surface area contributed by atoms with Crippen LogP contribution in [0.3, 0.4) is 0 Å². The maximum absolute atomic E-state index is 5.64. The number of rotatable bonds is 16. The van der Waals surface area contributed by atoms with Crippen molar-refractivity contribution in [1.82, 2.24) is 4.90 Å². The molecule has 0 rings (SSSR count). The lowest BCUT2D eigenvalue weighted by atomic mass is 10.1. The van der Waals surface area contributed by atoms with Gasteiger partial charge in [0.05, 0.1) is 0 Å². The van der Waals surface area contributed by atoms with E-state index in [0.29, 0.717) is 0 Å². The van der Waals surface area contributed by atoms with E-state index in [0.717, 1.165) is 13.0 Å². The molecule has 0 aliphatic rings. The summed E-state index contributed by atoms with van der Waals surface area (Å²) < 4.78 is 0. The lowest BCUT2D eigenvalue weighted by Crippen LogP contribution is -2.28. The molecule has 0 aliphatic carbocycles. The third kappa shape index (κ3) is 19.6. The first-order valence-electron chi connectivity index (χ1n) is 8.88. The first-order chi connectivity index (χ1) is 9.85. The van der Waals surface area contributed by atoms with E-state index in [1.165, 1.54) is 83.8 Å². The maximum Gasteiger partial charge on any atom is 0 e. The van der Waals surface area contributed by atoms with Crippen LogP contribution < -0.4 is 5.73 Å². The molecule has 22 heavy (non-hydrogen) atoms. The van der Waals surface area contributed by atoms with Crippen molar-refractivity contribution in [3.8, 4) is 0 Å². The van der Waals surface area contributed by atoms with Crippen LogP contribution in [0.4, 0.5) is 0 Å². The Morgan fingerprint density at radius 1 is 0.864 bits per heavy atom. The average molecular weight is 319 g/mol. The van der Waals surface area contributed by atoms with Gasteiger partial charge in [-0.15, -0.1) is 6.58 Å². The summed E-state index contributed by atoms with van der Waals surface area (Å²) in [6, 6.07) is 0. The molecular weight excluding hydrogens is 272 g/mol. The fourth-order valence-electron chi connectivity index (χ4n) is 2.57. The maximum atomic E-state index is 5.64. The zero-order valence-corrected chi connectivity index (χ0v) is 14.4. The van der Waals surface area contributed by atoms with E-state index >= 15 is 0 Å². The van der Waals surface area contributed by atoms with Crippen molar-refractivity contribution in [2.45, 2.75) is 85.0 Å². The summed E-state index contributed by atoms with van der Waals surface area (Å²) in [6.45, 7) is 10.6. The normalized spacial score (nSPS) is 10.1. The van der Waals surface area contributed by atoms with Crippen LogP contribution >= 0.6 is 0 Å². The number of hydrogen-bond acceptors (Lipinski definition) is 2. The van der Waals surface area contributed by atoms with Gasteiger partial charge in [-0.05, 0) is 58.3 Å². The minimum atomic E-state index is 0.